The van der Waals surface area contributed by atoms with Gasteiger partial charge in [-0.25, -0.2) is 8.78 Å². The minimum absolute atomic E-state index is 0.0262. The zero-order valence-electron chi connectivity index (χ0n) is 20.8. The summed E-state index contributed by atoms with van der Waals surface area (Å²) in [4.78, 5) is 11.7. The maximum atomic E-state index is 13.6. The van der Waals surface area contributed by atoms with Crippen molar-refractivity contribution < 1.29 is 18.7 Å². The van der Waals surface area contributed by atoms with E-state index in [1.807, 2.05) is 0 Å². The highest BCUT2D eigenvalue weighted by molar-refractivity contribution is 5.73. The van der Waals surface area contributed by atoms with Crippen LogP contribution in [-0.4, -0.2) is 30.2 Å². The predicted octanol–water partition coefficient (Wildman–Crippen LogP) is 4.88. The fourth-order valence-electron chi connectivity index (χ4n) is 5.06. The molecule has 0 spiro atoms. The first-order chi connectivity index (χ1) is 16.0. The van der Waals surface area contributed by atoms with Gasteiger partial charge in [0.25, 0.3) is 0 Å². The van der Waals surface area contributed by atoms with E-state index < -0.39 is 11.6 Å². The Morgan fingerprint density at radius 1 is 1.12 bits per heavy atom. The number of aliphatic hydroxyl groups excluding tert-OH is 1. The Balaban J connectivity index is 1.72. The molecule has 34 heavy (non-hydrogen) atoms. The van der Waals surface area contributed by atoms with Crippen LogP contribution in [0.25, 0.3) is 0 Å². The zero-order valence-corrected chi connectivity index (χ0v) is 20.8. The number of hydrogen-bond donors (Lipinski definition) is 3. The second-order valence-electron chi connectivity index (χ2n) is 10.9. The second-order valence-corrected chi connectivity index (χ2v) is 10.9. The fourth-order valence-corrected chi connectivity index (χ4v) is 5.06. The molecule has 4 nitrogen and oxygen atoms in total. The number of hydrogen-bond acceptors (Lipinski definition) is 3. The Kier molecular flexibility index (Phi) is 8.83. The number of amides is 1. The summed E-state index contributed by atoms with van der Waals surface area (Å²) in [6.07, 6.45) is 3.79. The summed E-state index contributed by atoms with van der Waals surface area (Å²) in [6, 6.07) is 9.95. The number of carbonyl (C=O) groups is 1. The van der Waals surface area contributed by atoms with Crippen LogP contribution < -0.4 is 10.6 Å². The minimum Gasteiger partial charge on any atom is -0.396 e. The Bertz CT molecular complexity index is 967. The smallest absolute Gasteiger partial charge is 0.217 e. The Morgan fingerprint density at radius 3 is 2.44 bits per heavy atom. The van der Waals surface area contributed by atoms with Gasteiger partial charge >= 0.3 is 0 Å². The number of carbonyl (C=O) groups excluding carboxylic acids is 1. The molecule has 1 unspecified atom stereocenters. The third-order valence-electron chi connectivity index (χ3n) is 6.44. The normalized spacial score (nSPS) is 18.9. The van der Waals surface area contributed by atoms with Crippen LogP contribution in [0.3, 0.4) is 0 Å². The summed E-state index contributed by atoms with van der Waals surface area (Å²) in [7, 11) is 0. The molecule has 0 heterocycles. The molecule has 0 bridgehead atoms. The topological polar surface area (TPSA) is 61.4 Å². The van der Waals surface area contributed by atoms with E-state index in [4.69, 9.17) is 0 Å². The van der Waals surface area contributed by atoms with E-state index in [9.17, 15) is 18.7 Å². The lowest BCUT2D eigenvalue weighted by Crippen LogP contribution is -2.40. The van der Waals surface area contributed by atoms with Crippen molar-refractivity contribution in [1.82, 2.24) is 10.6 Å². The molecule has 2 aromatic carbocycles. The lowest BCUT2D eigenvalue weighted by atomic mass is 9.78. The zero-order chi connectivity index (χ0) is 24.9. The van der Waals surface area contributed by atoms with Crippen molar-refractivity contribution in [3.05, 3.63) is 70.3 Å². The van der Waals surface area contributed by atoms with E-state index in [1.54, 1.807) is 0 Å². The average Bonchev–Trinajstić information content (AvgIpc) is 2.71. The molecular formula is C28H38F2N2O2. The van der Waals surface area contributed by atoms with Crippen molar-refractivity contribution in [3.8, 4) is 0 Å². The van der Waals surface area contributed by atoms with Crippen molar-refractivity contribution in [2.75, 3.05) is 13.2 Å². The standard InChI is InChI=1S/C28H38F2N2O2/c1-18(34)32-25(13-20-11-23(29)15-24(30)12-20)9-10-31-27-22(17-33)8-7-21-6-5-19(14-26(21)27)16-28(2,3)4/h5-6,11-12,14-15,22,25,27,31,33H,7-10,13,16-17H2,1-4H3,(H,32,34)/t22?,25-,27+/m1/s1. The Hall–Kier alpha value is -2.31. The van der Waals surface area contributed by atoms with Crippen molar-refractivity contribution in [2.45, 2.75) is 71.9 Å². The van der Waals surface area contributed by atoms with Crippen molar-refractivity contribution >= 4 is 5.91 Å². The van der Waals surface area contributed by atoms with Crippen molar-refractivity contribution in [2.24, 2.45) is 11.3 Å². The largest absolute Gasteiger partial charge is 0.396 e. The first-order valence-electron chi connectivity index (χ1n) is 12.2. The molecule has 0 aliphatic heterocycles. The first-order valence-corrected chi connectivity index (χ1v) is 12.2. The van der Waals surface area contributed by atoms with Crippen LogP contribution in [0.1, 0.15) is 68.8 Å². The molecule has 1 aliphatic carbocycles. The monoisotopic (exact) mass is 472 g/mol. The predicted molar refractivity (Wildman–Crippen MR) is 132 cm³/mol. The molecule has 3 N–H and O–H groups in total. The van der Waals surface area contributed by atoms with Crippen LogP contribution in [0.5, 0.6) is 0 Å². The number of benzene rings is 2. The highest BCUT2D eigenvalue weighted by Crippen LogP contribution is 2.36. The third kappa shape index (κ3) is 7.60. The number of fused-ring (bicyclic) bond motifs is 1. The number of nitrogens with one attached hydrogen (secondary N) is 2. The van der Waals surface area contributed by atoms with E-state index >= 15 is 0 Å². The summed E-state index contributed by atoms with van der Waals surface area (Å²) in [5.41, 5.74) is 4.55. The maximum absolute atomic E-state index is 13.6. The van der Waals surface area contributed by atoms with Crippen molar-refractivity contribution in [3.63, 3.8) is 0 Å². The summed E-state index contributed by atoms with van der Waals surface area (Å²) < 4.78 is 27.3. The number of aryl methyl sites for hydroxylation is 1. The SMILES string of the molecule is CC(=O)N[C@H](CCN[C@@H]1c2cc(CC(C)(C)C)ccc2CCC1CO)Cc1cc(F)cc(F)c1. The van der Waals surface area contributed by atoms with Crippen LogP contribution >= 0.6 is 0 Å². The molecule has 0 radical (unpaired) electrons. The quantitative estimate of drug-likeness (QED) is 0.488. The molecule has 0 aromatic heterocycles. The molecule has 1 amide bonds. The molecule has 0 saturated carbocycles. The van der Waals surface area contributed by atoms with Gasteiger partial charge in [-0.15, -0.1) is 0 Å². The van der Waals surface area contributed by atoms with E-state index in [2.05, 4.69) is 49.6 Å². The lowest BCUT2D eigenvalue weighted by Gasteiger charge is -2.34. The third-order valence-corrected chi connectivity index (χ3v) is 6.44. The Morgan fingerprint density at radius 2 is 1.82 bits per heavy atom. The van der Waals surface area contributed by atoms with Gasteiger partial charge in [-0.05, 0) is 78.5 Å². The molecule has 6 heteroatoms. The van der Waals surface area contributed by atoms with Crippen LogP contribution in [0.15, 0.2) is 36.4 Å². The van der Waals surface area contributed by atoms with E-state index in [1.165, 1.54) is 35.7 Å². The average molecular weight is 473 g/mol. The summed E-state index contributed by atoms with van der Waals surface area (Å²) in [6.45, 7) is 8.84. The van der Waals surface area contributed by atoms with Crippen LogP contribution in [0.4, 0.5) is 8.78 Å². The number of aliphatic hydroxyl groups is 1. The molecule has 2 aromatic rings. The maximum Gasteiger partial charge on any atom is 0.217 e. The van der Waals surface area contributed by atoms with Gasteiger partial charge in [0, 0.05) is 37.6 Å². The van der Waals surface area contributed by atoms with Crippen LogP contribution in [0.2, 0.25) is 0 Å². The second kappa shape index (κ2) is 11.4. The molecule has 186 valence electrons. The highest BCUT2D eigenvalue weighted by Gasteiger charge is 2.29. The van der Waals surface area contributed by atoms with E-state index in [-0.39, 0.29) is 35.9 Å². The van der Waals surface area contributed by atoms with Crippen molar-refractivity contribution in [1.29, 1.82) is 0 Å². The van der Waals surface area contributed by atoms with Gasteiger partial charge in [0.2, 0.25) is 5.91 Å². The molecular weight excluding hydrogens is 434 g/mol. The summed E-state index contributed by atoms with van der Waals surface area (Å²) in [5, 5.41) is 16.6. The molecule has 3 atom stereocenters. The highest BCUT2D eigenvalue weighted by atomic mass is 19.1. The fraction of sp³-hybridized carbons (Fsp3) is 0.536. The molecule has 3 rings (SSSR count). The lowest BCUT2D eigenvalue weighted by molar-refractivity contribution is -0.119. The Labute approximate surface area is 202 Å². The van der Waals surface area contributed by atoms with Crippen LogP contribution in [0, 0.1) is 23.0 Å². The van der Waals surface area contributed by atoms with Gasteiger partial charge < -0.3 is 15.7 Å². The van der Waals surface area contributed by atoms with E-state index in [0.717, 1.165) is 25.3 Å². The molecule has 1 aliphatic rings. The van der Waals surface area contributed by atoms with Gasteiger partial charge in [-0.3, -0.25) is 4.79 Å². The molecule has 0 fully saturated rings. The van der Waals surface area contributed by atoms with Gasteiger partial charge in [-0.2, -0.15) is 0 Å². The van der Waals surface area contributed by atoms with Gasteiger partial charge in [-0.1, -0.05) is 39.0 Å². The van der Waals surface area contributed by atoms with Gasteiger partial charge in [0.1, 0.15) is 11.6 Å². The first kappa shape index (κ1) is 26.3. The van der Waals surface area contributed by atoms with Crippen LogP contribution in [-0.2, 0) is 24.1 Å². The van der Waals surface area contributed by atoms with E-state index in [0.29, 0.717) is 24.9 Å². The summed E-state index contributed by atoms with van der Waals surface area (Å²) >= 11 is 0. The minimum atomic E-state index is -0.620. The number of rotatable bonds is 9. The van der Waals surface area contributed by atoms with Gasteiger partial charge in [0.15, 0.2) is 0 Å². The van der Waals surface area contributed by atoms with Gasteiger partial charge in [0.05, 0.1) is 0 Å². The summed E-state index contributed by atoms with van der Waals surface area (Å²) in [5.74, 6) is -1.30. The molecule has 0 saturated heterocycles. The number of halogens is 2.